The Kier molecular flexibility index (Phi) is 5.50. The molecule has 25 heavy (non-hydrogen) atoms. The van der Waals surface area contributed by atoms with Crippen LogP contribution in [0, 0.1) is 0 Å². The lowest BCUT2D eigenvalue weighted by Gasteiger charge is -2.35. The van der Waals surface area contributed by atoms with Crippen molar-refractivity contribution in [2.24, 2.45) is 0 Å². The van der Waals surface area contributed by atoms with Gasteiger partial charge in [0.2, 0.25) is 0 Å². The van der Waals surface area contributed by atoms with Crippen molar-refractivity contribution in [3.05, 3.63) is 48.2 Å². The fraction of sp³-hybridized carbons (Fsp3) is 0.368. The number of methoxy groups -OCH3 is 1. The van der Waals surface area contributed by atoms with Crippen LogP contribution in [0.15, 0.2) is 42.6 Å². The van der Waals surface area contributed by atoms with Gasteiger partial charge in [-0.05, 0) is 30.3 Å². The van der Waals surface area contributed by atoms with E-state index in [9.17, 15) is 4.79 Å². The number of nitrogens with zero attached hydrogens (tertiary/aromatic N) is 3. The van der Waals surface area contributed by atoms with Crippen molar-refractivity contribution < 1.29 is 9.53 Å². The second-order valence-electron chi connectivity index (χ2n) is 6.15. The molecule has 1 fully saturated rings. The van der Waals surface area contributed by atoms with Crippen LogP contribution in [0.2, 0.25) is 0 Å². The largest absolute Gasteiger partial charge is 0.495 e. The van der Waals surface area contributed by atoms with Crippen molar-refractivity contribution in [3.8, 4) is 5.75 Å². The van der Waals surface area contributed by atoms with Crippen LogP contribution in [0.3, 0.4) is 0 Å². The second kappa shape index (κ2) is 7.98. The molecule has 0 bridgehead atoms. The first-order chi connectivity index (χ1) is 12.2. The fourth-order valence-corrected chi connectivity index (χ4v) is 3.05. The van der Waals surface area contributed by atoms with E-state index in [2.05, 4.69) is 14.8 Å². The molecule has 0 unspecified atom stereocenters. The summed E-state index contributed by atoms with van der Waals surface area (Å²) < 4.78 is 5.13. The van der Waals surface area contributed by atoms with E-state index in [1.807, 2.05) is 24.4 Å². The summed E-state index contributed by atoms with van der Waals surface area (Å²) in [6, 6.07) is 11.2. The average Bonchev–Trinajstić information content (AvgIpc) is 2.67. The Morgan fingerprint density at radius 2 is 2.00 bits per heavy atom. The monoisotopic (exact) mass is 340 g/mol. The molecule has 1 aromatic carbocycles. The number of aromatic nitrogens is 1. The van der Waals surface area contributed by atoms with E-state index in [1.54, 1.807) is 25.3 Å². The van der Waals surface area contributed by atoms with Gasteiger partial charge in [0.25, 0.3) is 0 Å². The summed E-state index contributed by atoms with van der Waals surface area (Å²) in [4.78, 5) is 21.4. The van der Waals surface area contributed by atoms with Gasteiger partial charge in [0.15, 0.2) is 5.78 Å². The molecule has 2 aromatic rings. The molecule has 6 heteroatoms. The van der Waals surface area contributed by atoms with Crippen LogP contribution in [0.4, 0.5) is 11.5 Å². The van der Waals surface area contributed by atoms with Gasteiger partial charge in [-0.25, -0.2) is 4.98 Å². The molecule has 0 atom stereocenters. The number of hydrogen-bond acceptors (Lipinski definition) is 6. The first kappa shape index (κ1) is 17.2. The third-order valence-electron chi connectivity index (χ3n) is 4.55. The highest BCUT2D eigenvalue weighted by atomic mass is 16.5. The quantitative estimate of drug-likeness (QED) is 0.641. The number of Topliss-reactive ketones (excluding diaryl/α,β-unsaturated/α-hetero) is 1. The first-order valence-electron chi connectivity index (χ1n) is 8.52. The van der Waals surface area contributed by atoms with Crippen LogP contribution in [0.1, 0.15) is 16.8 Å². The lowest BCUT2D eigenvalue weighted by Crippen LogP contribution is -2.47. The smallest absolute Gasteiger partial charge is 0.164 e. The highest BCUT2D eigenvalue weighted by molar-refractivity contribution is 5.97. The summed E-state index contributed by atoms with van der Waals surface area (Å²) in [6.07, 6.45) is 2.32. The normalized spacial score (nSPS) is 15.2. The van der Waals surface area contributed by atoms with Crippen LogP contribution in [-0.4, -0.2) is 55.5 Å². The van der Waals surface area contributed by atoms with E-state index < -0.39 is 0 Å². The predicted molar refractivity (Wildman–Crippen MR) is 99.2 cm³/mol. The molecular formula is C19H24N4O2. The van der Waals surface area contributed by atoms with Gasteiger partial charge in [0.05, 0.1) is 12.8 Å². The summed E-state index contributed by atoms with van der Waals surface area (Å²) in [5, 5.41) is 0. The van der Waals surface area contributed by atoms with Gasteiger partial charge in [-0.3, -0.25) is 9.69 Å². The molecule has 0 radical (unpaired) electrons. The summed E-state index contributed by atoms with van der Waals surface area (Å²) in [5.41, 5.74) is 7.02. The van der Waals surface area contributed by atoms with Crippen molar-refractivity contribution in [3.63, 3.8) is 0 Å². The lowest BCUT2D eigenvalue weighted by atomic mass is 10.1. The number of hydrogen-bond donors (Lipinski definition) is 1. The molecule has 1 saturated heterocycles. The Balaban J connectivity index is 1.48. The molecule has 1 aromatic heterocycles. The zero-order valence-corrected chi connectivity index (χ0v) is 14.5. The third kappa shape index (κ3) is 4.28. The van der Waals surface area contributed by atoms with Crippen molar-refractivity contribution >= 4 is 17.3 Å². The minimum absolute atomic E-state index is 0.113. The van der Waals surface area contributed by atoms with E-state index in [0.717, 1.165) is 38.5 Å². The number of benzene rings is 1. The number of ether oxygens (including phenoxy) is 1. The van der Waals surface area contributed by atoms with Gasteiger partial charge >= 0.3 is 0 Å². The summed E-state index contributed by atoms with van der Waals surface area (Å²) in [7, 11) is 1.57. The molecule has 1 aliphatic heterocycles. The number of ketones is 1. The molecule has 0 saturated carbocycles. The number of piperazine rings is 1. The Morgan fingerprint density at radius 1 is 1.20 bits per heavy atom. The van der Waals surface area contributed by atoms with E-state index in [1.165, 1.54) is 0 Å². The van der Waals surface area contributed by atoms with Crippen molar-refractivity contribution in [1.82, 2.24) is 9.88 Å². The fourth-order valence-electron chi connectivity index (χ4n) is 3.05. The molecule has 2 N–H and O–H groups in total. The minimum atomic E-state index is 0.113. The zero-order valence-electron chi connectivity index (χ0n) is 14.5. The number of carbonyl (C=O) groups excluding carboxylic acids is 1. The third-order valence-corrected chi connectivity index (χ3v) is 4.55. The van der Waals surface area contributed by atoms with E-state index >= 15 is 0 Å². The standard InChI is InChI=1S/C19H24N4O2/c1-25-18-6-5-15(14-16(18)20)17(24)7-9-22-10-12-23(13-11-22)19-4-2-3-8-21-19/h2-6,8,14H,7,9-13,20H2,1H3. The number of carbonyl (C=O) groups is 1. The van der Waals surface area contributed by atoms with E-state index in [0.29, 0.717) is 23.4 Å². The van der Waals surface area contributed by atoms with Gasteiger partial charge in [-0.15, -0.1) is 0 Å². The predicted octanol–water partition coefficient (Wildman–Crippen LogP) is 2.07. The maximum absolute atomic E-state index is 12.4. The van der Waals surface area contributed by atoms with Gasteiger partial charge in [0, 0.05) is 50.9 Å². The molecule has 2 heterocycles. The number of nitrogen functional groups attached to an aromatic ring is 1. The van der Waals surface area contributed by atoms with Crippen LogP contribution in [0.5, 0.6) is 5.75 Å². The van der Waals surface area contributed by atoms with Crippen molar-refractivity contribution in [1.29, 1.82) is 0 Å². The SMILES string of the molecule is COc1ccc(C(=O)CCN2CCN(c3ccccn3)CC2)cc1N. The summed E-state index contributed by atoms with van der Waals surface area (Å²) in [5.74, 6) is 1.73. The maximum Gasteiger partial charge on any atom is 0.164 e. The molecule has 132 valence electrons. The van der Waals surface area contributed by atoms with Crippen LogP contribution >= 0.6 is 0 Å². The van der Waals surface area contributed by atoms with Crippen molar-refractivity contribution in [2.75, 3.05) is 50.5 Å². The number of rotatable bonds is 6. The Labute approximate surface area is 148 Å². The molecule has 0 spiro atoms. The molecule has 6 nitrogen and oxygen atoms in total. The zero-order chi connectivity index (χ0) is 17.6. The van der Waals surface area contributed by atoms with Crippen LogP contribution in [0.25, 0.3) is 0 Å². The van der Waals surface area contributed by atoms with Gasteiger partial charge in [-0.2, -0.15) is 0 Å². The van der Waals surface area contributed by atoms with Gasteiger partial charge < -0.3 is 15.4 Å². The maximum atomic E-state index is 12.4. The lowest BCUT2D eigenvalue weighted by molar-refractivity contribution is 0.0962. The molecular weight excluding hydrogens is 316 g/mol. The molecule has 0 aliphatic carbocycles. The average molecular weight is 340 g/mol. The number of pyridine rings is 1. The highest BCUT2D eigenvalue weighted by Gasteiger charge is 2.18. The highest BCUT2D eigenvalue weighted by Crippen LogP contribution is 2.22. The summed E-state index contributed by atoms with van der Waals surface area (Å²) in [6.45, 7) is 4.51. The summed E-state index contributed by atoms with van der Waals surface area (Å²) >= 11 is 0. The van der Waals surface area contributed by atoms with Crippen molar-refractivity contribution in [2.45, 2.75) is 6.42 Å². The number of anilines is 2. The Hall–Kier alpha value is -2.60. The Morgan fingerprint density at radius 3 is 2.64 bits per heavy atom. The molecule has 3 rings (SSSR count). The minimum Gasteiger partial charge on any atom is -0.495 e. The first-order valence-corrected chi connectivity index (χ1v) is 8.52. The molecule has 1 aliphatic rings. The Bertz CT molecular complexity index is 713. The van der Waals surface area contributed by atoms with E-state index in [4.69, 9.17) is 10.5 Å². The van der Waals surface area contributed by atoms with Crippen LogP contribution in [-0.2, 0) is 0 Å². The topological polar surface area (TPSA) is 71.7 Å². The second-order valence-corrected chi connectivity index (χ2v) is 6.15. The molecule has 0 amide bonds. The van der Waals surface area contributed by atoms with Gasteiger partial charge in [0.1, 0.15) is 11.6 Å². The van der Waals surface area contributed by atoms with E-state index in [-0.39, 0.29) is 5.78 Å². The van der Waals surface area contributed by atoms with Gasteiger partial charge in [-0.1, -0.05) is 6.07 Å². The number of nitrogens with two attached hydrogens (primary N) is 1. The van der Waals surface area contributed by atoms with Crippen LogP contribution < -0.4 is 15.4 Å².